The Hall–Kier alpha value is -2.61. The Morgan fingerprint density at radius 2 is 1.33 bits per heavy atom. The highest BCUT2D eigenvalue weighted by Gasteiger charge is 2.29. The highest BCUT2D eigenvalue weighted by atomic mass is 127. The minimum Gasteiger partial charge on any atom is -0.457 e. The van der Waals surface area contributed by atoms with Crippen LogP contribution in [0.25, 0.3) is 0 Å². The van der Waals surface area contributed by atoms with E-state index in [0.29, 0.717) is 9.33 Å². The molecule has 1 heterocycles. The molecular formula is C21H17IO5. The summed E-state index contributed by atoms with van der Waals surface area (Å²) in [4.78, 5) is 25.0. The van der Waals surface area contributed by atoms with E-state index in [0.717, 1.165) is 11.1 Å². The van der Waals surface area contributed by atoms with Crippen LogP contribution in [-0.4, -0.2) is 11.9 Å². The van der Waals surface area contributed by atoms with E-state index in [1.165, 1.54) is 0 Å². The Kier molecular flexibility index (Phi) is 6.28. The SMILES string of the molecule is Cc1c(I)oc(C(=O)OCc2ccccc2)c1C(=O)OCc1ccccc1. The molecule has 5 nitrogen and oxygen atoms in total. The van der Waals surface area contributed by atoms with Crippen molar-refractivity contribution in [2.45, 2.75) is 20.1 Å². The van der Waals surface area contributed by atoms with Gasteiger partial charge in [-0.25, -0.2) is 9.59 Å². The quantitative estimate of drug-likeness (QED) is 0.374. The molecule has 0 atom stereocenters. The van der Waals surface area contributed by atoms with Gasteiger partial charge in [-0.2, -0.15) is 0 Å². The molecule has 3 rings (SSSR count). The molecule has 0 bridgehead atoms. The summed E-state index contributed by atoms with van der Waals surface area (Å²) in [7, 11) is 0. The van der Waals surface area contributed by atoms with E-state index in [-0.39, 0.29) is 24.5 Å². The molecule has 0 unspecified atom stereocenters. The highest BCUT2D eigenvalue weighted by molar-refractivity contribution is 14.1. The lowest BCUT2D eigenvalue weighted by atomic mass is 10.1. The van der Waals surface area contributed by atoms with E-state index in [2.05, 4.69) is 0 Å². The van der Waals surface area contributed by atoms with E-state index in [9.17, 15) is 9.59 Å². The molecule has 0 aliphatic rings. The summed E-state index contributed by atoms with van der Waals surface area (Å²) in [5.41, 5.74) is 2.36. The van der Waals surface area contributed by atoms with Crippen molar-refractivity contribution in [3.05, 3.63) is 92.4 Å². The predicted octanol–water partition coefficient (Wildman–Crippen LogP) is 4.91. The smallest absolute Gasteiger partial charge is 0.375 e. The van der Waals surface area contributed by atoms with Crippen LogP contribution in [0.4, 0.5) is 0 Å². The zero-order valence-corrected chi connectivity index (χ0v) is 16.8. The molecule has 0 saturated heterocycles. The van der Waals surface area contributed by atoms with Crippen LogP contribution in [0, 0.1) is 10.7 Å². The van der Waals surface area contributed by atoms with Crippen LogP contribution < -0.4 is 0 Å². The van der Waals surface area contributed by atoms with E-state index < -0.39 is 11.9 Å². The lowest BCUT2D eigenvalue weighted by molar-refractivity contribution is 0.0396. The monoisotopic (exact) mass is 476 g/mol. The molecule has 6 heteroatoms. The number of rotatable bonds is 6. The van der Waals surface area contributed by atoms with Crippen LogP contribution in [0.5, 0.6) is 0 Å². The molecule has 2 aromatic carbocycles. The number of carbonyl (C=O) groups is 2. The molecule has 3 aromatic rings. The maximum Gasteiger partial charge on any atom is 0.375 e. The van der Waals surface area contributed by atoms with Crippen molar-refractivity contribution in [3.8, 4) is 0 Å². The fourth-order valence-electron chi connectivity index (χ4n) is 2.46. The van der Waals surface area contributed by atoms with Crippen molar-refractivity contribution in [3.63, 3.8) is 0 Å². The number of benzene rings is 2. The summed E-state index contributed by atoms with van der Waals surface area (Å²) in [5, 5.41) is 0. The normalized spacial score (nSPS) is 10.4. The van der Waals surface area contributed by atoms with Crippen LogP contribution in [0.1, 0.15) is 37.6 Å². The summed E-state index contributed by atoms with van der Waals surface area (Å²) in [6, 6.07) is 18.6. The van der Waals surface area contributed by atoms with Gasteiger partial charge < -0.3 is 13.9 Å². The van der Waals surface area contributed by atoms with Crippen LogP contribution in [0.15, 0.2) is 65.1 Å². The number of halogens is 1. The van der Waals surface area contributed by atoms with Crippen molar-refractivity contribution >= 4 is 34.5 Å². The Morgan fingerprint density at radius 1 is 0.852 bits per heavy atom. The summed E-state index contributed by atoms with van der Waals surface area (Å²) >= 11 is 1.94. The molecule has 0 N–H and O–H groups in total. The first-order valence-electron chi connectivity index (χ1n) is 8.27. The molecule has 1 aromatic heterocycles. The van der Waals surface area contributed by atoms with Gasteiger partial charge in [0.1, 0.15) is 18.8 Å². The molecule has 0 spiro atoms. The minimum atomic E-state index is -0.698. The van der Waals surface area contributed by atoms with Crippen molar-refractivity contribution in [2.75, 3.05) is 0 Å². The van der Waals surface area contributed by atoms with E-state index in [1.807, 2.05) is 83.3 Å². The number of carbonyl (C=O) groups excluding carboxylic acids is 2. The molecule has 0 aliphatic heterocycles. The molecule has 0 saturated carbocycles. The number of hydrogen-bond acceptors (Lipinski definition) is 5. The summed E-state index contributed by atoms with van der Waals surface area (Å²) in [5.74, 6) is -1.45. The van der Waals surface area contributed by atoms with Gasteiger partial charge >= 0.3 is 11.9 Å². The van der Waals surface area contributed by atoms with Gasteiger partial charge in [-0.3, -0.25) is 0 Å². The molecule has 27 heavy (non-hydrogen) atoms. The Labute approximate surface area is 170 Å². The molecule has 138 valence electrons. The first-order valence-corrected chi connectivity index (χ1v) is 9.35. The van der Waals surface area contributed by atoms with Crippen molar-refractivity contribution < 1.29 is 23.5 Å². The lowest BCUT2D eigenvalue weighted by Gasteiger charge is -2.07. The molecule has 0 aliphatic carbocycles. The molecule has 0 fully saturated rings. The minimum absolute atomic E-state index is 0.0918. The average Bonchev–Trinajstić information content (AvgIpc) is 3.00. The van der Waals surface area contributed by atoms with Gasteiger partial charge in [-0.1, -0.05) is 60.7 Å². The first kappa shape index (κ1) is 19.2. The van der Waals surface area contributed by atoms with Gasteiger partial charge in [-0.15, -0.1) is 0 Å². The second kappa shape index (κ2) is 8.85. The van der Waals surface area contributed by atoms with Crippen LogP contribution in [0.3, 0.4) is 0 Å². The fourth-order valence-corrected chi connectivity index (χ4v) is 2.95. The van der Waals surface area contributed by atoms with E-state index in [1.54, 1.807) is 6.92 Å². The predicted molar refractivity (Wildman–Crippen MR) is 107 cm³/mol. The van der Waals surface area contributed by atoms with Crippen LogP contribution in [0.2, 0.25) is 0 Å². The van der Waals surface area contributed by atoms with Crippen LogP contribution >= 0.6 is 22.6 Å². The number of ether oxygens (including phenoxy) is 2. The second-order valence-corrected chi connectivity index (χ2v) is 6.81. The Bertz CT molecular complexity index is 932. The third-order valence-electron chi connectivity index (χ3n) is 3.90. The zero-order chi connectivity index (χ0) is 19.2. The zero-order valence-electron chi connectivity index (χ0n) is 14.6. The molecule has 0 amide bonds. The third kappa shape index (κ3) is 4.77. The molecular weight excluding hydrogens is 459 g/mol. The summed E-state index contributed by atoms with van der Waals surface area (Å²) in [6.07, 6.45) is 0. The van der Waals surface area contributed by atoms with Gasteiger partial charge in [0, 0.05) is 5.56 Å². The van der Waals surface area contributed by atoms with Gasteiger partial charge in [0.05, 0.1) is 0 Å². The van der Waals surface area contributed by atoms with E-state index >= 15 is 0 Å². The van der Waals surface area contributed by atoms with Gasteiger partial charge in [0.15, 0.2) is 3.77 Å². The topological polar surface area (TPSA) is 65.7 Å². The van der Waals surface area contributed by atoms with Crippen molar-refractivity contribution in [1.29, 1.82) is 0 Å². The summed E-state index contributed by atoms with van der Waals surface area (Å²) < 4.78 is 16.6. The second-order valence-electron chi connectivity index (χ2n) is 5.83. The van der Waals surface area contributed by atoms with E-state index in [4.69, 9.17) is 13.9 Å². The third-order valence-corrected chi connectivity index (χ3v) is 4.93. The van der Waals surface area contributed by atoms with Crippen LogP contribution in [-0.2, 0) is 22.7 Å². The Balaban J connectivity index is 1.73. The lowest BCUT2D eigenvalue weighted by Crippen LogP contribution is -2.13. The number of hydrogen-bond donors (Lipinski definition) is 0. The largest absolute Gasteiger partial charge is 0.457 e. The first-order chi connectivity index (χ1) is 13.1. The van der Waals surface area contributed by atoms with Gasteiger partial charge in [-0.05, 0) is 40.6 Å². The van der Waals surface area contributed by atoms with Crippen molar-refractivity contribution in [1.82, 2.24) is 0 Å². The van der Waals surface area contributed by atoms with Crippen molar-refractivity contribution in [2.24, 2.45) is 0 Å². The molecule has 0 radical (unpaired) electrons. The van der Waals surface area contributed by atoms with Gasteiger partial charge in [0.25, 0.3) is 0 Å². The summed E-state index contributed by atoms with van der Waals surface area (Å²) in [6.45, 7) is 1.91. The highest BCUT2D eigenvalue weighted by Crippen LogP contribution is 2.26. The number of furan rings is 1. The van der Waals surface area contributed by atoms with Gasteiger partial charge in [0.2, 0.25) is 5.76 Å². The Morgan fingerprint density at radius 3 is 1.85 bits per heavy atom. The average molecular weight is 476 g/mol. The number of esters is 2. The maximum absolute atomic E-state index is 12.6. The maximum atomic E-state index is 12.6. The fraction of sp³-hybridized carbons (Fsp3) is 0.143. The standard InChI is InChI=1S/C21H17IO5/c1-14-17(20(23)25-12-15-8-4-2-5-9-15)18(27-19(14)22)21(24)26-13-16-10-6-3-7-11-16/h2-11H,12-13H2,1H3.